The smallest absolute Gasteiger partial charge is 0.386 e. The van der Waals surface area contributed by atoms with Gasteiger partial charge in [0.05, 0.1) is 34.3 Å². The molecule has 2 aromatic carbocycles. The number of thioether (sulfide) groups is 2. The van der Waals surface area contributed by atoms with Crippen molar-refractivity contribution in [2.75, 3.05) is 5.75 Å². The van der Waals surface area contributed by atoms with Gasteiger partial charge in [0.25, 0.3) is 5.91 Å². The number of carbonyl (C=O) groups is 1. The molecular formula is C24H22F3N3O2S2. The van der Waals surface area contributed by atoms with Crippen LogP contribution >= 0.6 is 23.5 Å². The van der Waals surface area contributed by atoms with E-state index in [4.69, 9.17) is 0 Å². The molecule has 0 radical (unpaired) electrons. The van der Waals surface area contributed by atoms with Crippen LogP contribution < -0.4 is 0 Å². The predicted octanol–water partition coefficient (Wildman–Crippen LogP) is 6.05. The number of rotatable bonds is 5. The minimum absolute atomic E-state index is 0.0581. The molecule has 0 bridgehead atoms. The monoisotopic (exact) mass is 505 g/mol. The van der Waals surface area contributed by atoms with Gasteiger partial charge in [-0.1, -0.05) is 48.6 Å². The maximum Gasteiger partial charge on any atom is 0.416 e. The van der Waals surface area contributed by atoms with Crippen molar-refractivity contribution in [1.29, 1.82) is 0 Å². The van der Waals surface area contributed by atoms with Crippen molar-refractivity contribution in [1.82, 2.24) is 9.78 Å². The Morgan fingerprint density at radius 2 is 1.94 bits per heavy atom. The third-order valence-corrected chi connectivity index (χ3v) is 7.28. The lowest BCUT2D eigenvalue weighted by Crippen LogP contribution is -2.19. The largest absolute Gasteiger partial charge is 0.416 e. The maximum atomic E-state index is 13.8. The van der Waals surface area contributed by atoms with Gasteiger partial charge in [0.2, 0.25) is 0 Å². The van der Waals surface area contributed by atoms with Gasteiger partial charge in [-0.05, 0) is 60.6 Å². The summed E-state index contributed by atoms with van der Waals surface area (Å²) in [7, 11) is 0. The maximum absolute atomic E-state index is 13.8. The Morgan fingerprint density at radius 1 is 1.18 bits per heavy atom. The lowest BCUT2D eigenvalue weighted by Gasteiger charge is -2.21. The highest BCUT2D eigenvalue weighted by Crippen LogP contribution is 2.36. The number of hydrogen-bond acceptors (Lipinski definition) is 5. The molecule has 0 fully saturated rings. The minimum atomic E-state index is -4.57. The topological polar surface area (TPSA) is 67.5 Å². The second kappa shape index (κ2) is 9.24. The van der Waals surface area contributed by atoms with E-state index in [-0.39, 0.29) is 23.6 Å². The highest BCUT2D eigenvalue weighted by atomic mass is 32.2. The summed E-state index contributed by atoms with van der Waals surface area (Å²) in [6, 6.07) is 9.30. The third kappa shape index (κ3) is 5.24. The molecule has 10 heteroatoms. The average molecular weight is 506 g/mol. The number of hydrogen-bond donors (Lipinski definition) is 1. The van der Waals surface area contributed by atoms with Gasteiger partial charge < -0.3 is 5.11 Å². The Kier molecular flexibility index (Phi) is 6.67. The van der Waals surface area contributed by atoms with Crippen LogP contribution in [-0.4, -0.2) is 30.9 Å². The molecule has 0 saturated carbocycles. The standard InChI is InChI=1S/C24H22F3N3O2S2/c1-4-33-22-29-21(31)20(34-22)10-14-5-8-19-16(9-14)12-28-30(19)13-15-6-7-17(23(2,3)32)11-18(15)24(25,26)27/h5-12,32H,4,13H2,1-3H3/b20-10-. The highest BCUT2D eigenvalue weighted by Gasteiger charge is 2.35. The molecule has 0 aliphatic carbocycles. The minimum Gasteiger partial charge on any atom is -0.386 e. The summed E-state index contributed by atoms with van der Waals surface area (Å²) in [6.45, 7) is 4.81. The number of nitrogens with zero attached hydrogens (tertiary/aromatic N) is 3. The van der Waals surface area contributed by atoms with Crippen LogP contribution in [-0.2, 0) is 23.1 Å². The first-order chi connectivity index (χ1) is 16.0. The molecule has 0 saturated heterocycles. The summed E-state index contributed by atoms with van der Waals surface area (Å²) >= 11 is 2.85. The Bertz CT molecular complexity index is 1320. The van der Waals surface area contributed by atoms with Gasteiger partial charge in [-0.25, -0.2) is 0 Å². The molecule has 1 aromatic heterocycles. The molecule has 1 amide bonds. The zero-order chi connectivity index (χ0) is 24.7. The van der Waals surface area contributed by atoms with Crippen LogP contribution in [0, 0.1) is 0 Å². The van der Waals surface area contributed by atoms with Crippen LogP contribution in [0.25, 0.3) is 17.0 Å². The van der Waals surface area contributed by atoms with Crippen LogP contribution in [0.4, 0.5) is 13.2 Å². The number of alkyl halides is 3. The normalized spacial score (nSPS) is 16.0. The van der Waals surface area contributed by atoms with Crippen LogP contribution in [0.5, 0.6) is 0 Å². The van der Waals surface area contributed by atoms with Crippen molar-refractivity contribution >= 4 is 50.8 Å². The van der Waals surface area contributed by atoms with E-state index >= 15 is 0 Å². The lowest BCUT2D eigenvalue weighted by atomic mass is 9.93. The SMILES string of the molecule is CCSC1=NC(=O)/C(=C/c2ccc3c(cnn3Cc3ccc(C(C)(C)O)cc3C(F)(F)F)c2)S1. The van der Waals surface area contributed by atoms with Crippen molar-refractivity contribution in [2.45, 2.75) is 39.1 Å². The molecular weight excluding hydrogens is 483 g/mol. The highest BCUT2D eigenvalue weighted by molar-refractivity contribution is 8.41. The molecule has 2 heterocycles. The Hall–Kier alpha value is -2.56. The zero-order valence-electron chi connectivity index (χ0n) is 18.7. The van der Waals surface area contributed by atoms with Crippen molar-refractivity contribution in [3.8, 4) is 0 Å². The zero-order valence-corrected chi connectivity index (χ0v) is 20.3. The van der Waals surface area contributed by atoms with Crippen LogP contribution in [0.3, 0.4) is 0 Å². The molecule has 5 nitrogen and oxygen atoms in total. The van der Waals surface area contributed by atoms with Crippen molar-refractivity contribution in [2.24, 2.45) is 4.99 Å². The first kappa shape index (κ1) is 24.6. The van der Waals surface area contributed by atoms with Crippen LogP contribution in [0.2, 0.25) is 0 Å². The summed E-state index contributed by atoms with van der Waals surface area (Å²) in [5.41, 5.74) is -0.480. The Balaban J connectivity index is 1.63. The summed E-state index contributed by atoms with van der Waals surface area (Å²) in [5.74, 6) is 0.555. The van der Waals surface area contributed by atoms with E-state index in [2.05, 4.69) is 10.1 Å². The number of carbonyl (C=O) groups excluding carboxylic acids is 1. The van der Waals surface area contributed by atoms with E-state index in [0.29, 0.717) is 10.4 Å². The molecule has 0 spiro atoms. The summed E-state index contributed by atoms with van der Waals surface area (Å²) in [5, 5.41) is 15.2. The average Bonchev–Trinajstić information content (AvgIpc) is 3.29. The second-order valence-electron chi connectivity index (χ2n) is 8.28. The van der Waals surface area contributed by atoms with E-state index in [1.807, 2.05) is 13.0 Å². The van der Waals surface area contributed by atoms with Gasteiger partial charge in [-0.15, -0.1) is 0 Å². The number of benzene rings is 2. The molecule has 178 valence electrons. The van der Waals surface area contributed by atoms with Gasteiger partial charge in [0, 0.05) is 5.39 Å². The van der Waals surface area contributed by atoms with E-state index in [0.717, 1.165) is 27.1 Å². The Morgan fingerprint density at radius 3 is 2.62 bits per heavy atom. The van der Waals surface area contributed by atoms with Crippen molar-refractivity contribution in [3.05, 3.63) is 69.8 Å². The van der Waals surface area contributed by atoms with Crippen molar-refractivity contribution < 1.29 is 23.1 Å². The lowest BCUT2D eigenvalue weighted by molar-refractivity contribution is -0.138. The summed E-state index contributed by atoms with van der Waals surface area (Å²) in [4.78, 5) is 16.7. The first-order valence-corrected chi connectivity index (χ1v) is 12.3. The molecule has 1 aliphatic heterocycles. The fourth-order valence-electron chi connectivity index (χ4n) is 3.57. The summed E-state index contributed by atoms with van der Waals surface area (Å²) < 4.78 is 43.5. The third-order valence-electron chi connectivity index (χ3n) is 5.27. The number of aliphatic hydroxyl groups is 1. The predicted molar refractivity (Wildman–Crippen MR) is 132 cm³/mol. The fourth-order valence-corrected chi connectivity index (χ4v) is 5.47. The van der Waals surface area contributed by atoms with E-state index < -0.39 is 17.3 Å². The molecule has 34 heavy (non-hydrogen) atoms. The van der Waals surface area contributed by atoms with Crippen molar-refractivity contribution in [3.63, 3.8) is 0 Å². The Labute approximate surface area is 203 Å². The quantitative estimate of drug-likeness (QED) is 0.428. The van der Waals surface area contributed by atoms with E-state index in [1.165, 1.54) is 54.2 Å². The van der Waals surface area contributed by atoms with E-state index in [9.17, 15) is 23.1 Å². The number of aromatic nitrogens is 2. The van der Waals surface area contributed by atoms with Crippen LogP contribution in [0.1, 0.15) is 43.0 Å². The summed E-state index contributed by atoms with van der Waals surface area (Å²) in [6.07, 6.45) is -1.22. The number of amides is 1. The number of aliphatic imine (C=N–C) groups is 1. The number of fused-ring (bicyclic) bond motifs is 1. The molecule has 3 aromatic rings. The van der Waals surface area contributed by atoms with E-state index in [1.54, 1.807) is 24.4 Å². The molecule has 4 rings (SSSR count). The number of halogens is 3. The van der Waals surface area contributed by atoms with Crippen LogP contribution in [0.15, 0.2) is 52.5 Å². The van der Waals surface area contributed by atoms with Gasteiger partial charge in [0.1, 0.15) is 4.38 Å². The van der Waals surface area contributed by atoms with Gasteiger partial charge in [-0.2, -0.15) is 23.3 Å². The van der Waals surface area contributed by atoms with Gasteiger partial charge in [-0.3, -0.25) is 9.48 Å². The molecule has 1 N–H and O–H groups in total. The van der Waals surface area contributed by atoms with Gasteiger partial charge in [0.15, 0.2) is 0 Å². The molecule has 0 unspecified atom stereocenters. The molecule has 0 atom stereocenters. The first-order valence-electron chi connectivity index (χ1n) is 10.5. The van der Waals surface area contributed by atoms with Gasteiger partial charge >= 0.3 is 6.18 Å². The second-order valence-corrected chi connectivity index (χ2v) is 10.8. The molecule has 1 aliphatic rings. The fraction of sp³-hybridized carbons (Fsp3) is 0.292.